The summed E-state index contributed by atoms with van der Waals surface area (Å²) >= 11 is 3.19. The number of rotatable bonds is 4. The van der Waals surface area contributed by atoms with Gasteiger partial charge in [-0.15, -0.1) is 0 Å². The van der Waals surface area contributed by atoms with Crippen LogP contribution in [-0.4, -0.2) is 19.1 Å². The van der Waals surface area contributed by atoms with Crippen molar-refractivity contribution in [2.45, 2.75) is 6.42 Å². The van der Waals surface area contributed by atoms with E-state index >= 15 is 0 Å². The van der Waals surface area contributed by atoms with E-state index < -0.39 is 0 Å². The molecule has 0 radical (unpaired) electrons. The number of ether oxygens (including phenoxy) is 1. The molecule has 0 saturated heterocycles. The van der Waals surface area contributed by atoms with Crippen molar-refractivity contribution in [3.63, 3.8) is 0 Å². The first-order valence-corrected chi connectivity index (χ1v) is 6.49. The molecule has 0 aromatic heterocycles. The number of carbonyl (C=O) groups is 1. The van der Waals surface area contributed by atoms with Gasteiger partial charge in [-0.2, -0.15) is 0 Å². The molecule has 0 atom stereocenters. The molecule has 2 rings (SSSR count). The van der Waals surface area contributed by atoms with Crippen molar-refractivity contribution in [2.75, 3.05) is 13.2 Å². The highest BCUT2D eigenvalue weighted by atomic mass is 79.9. The summed E-state index contributed by atoms with van der Waals surface area (Å²) in [4.78, 5) is 11.5. The minimum absolute atomic E-state index is 0.132. The maximum absolute atomic E-state index is 11.5. The molecule has 1 heterocycles. The summed E-state index contributed by atoms with van der Waals surface area (Å²) in [6.45, 7) is 4.83. The number of amides is 1. The molecule has 4 heteroatoms. The van der Waals surface area contributed by atoms with Gasteiger partial charge in [0.15, 0.2) is 0 Å². The van der Waals surface area contributed by atoms with Crippen molar-refractivity contribution in [3.05, 3.63) is 46.5 Å². The van der Waals surface area contributed by atoms with Gasteiger partial charge in [-0.1, -0.05) is 28.6 Å². The number of hydrogen-bond acceptors (Lipinski definition) is 2. The normalized spacial score (nSPS) is 13.2. The molecule has 0 spiro atoms. The van der Waals surface area contributed by atoms with E-state index in [2.05, 4.69) is 33.9 Å². The molecule has 0 unspecified atom stereocenters. The molecular weight excluding hydrogens is 294 g/mol. The Bertz CT molecular complexity index is 509. The second-order valence-corrected chi connectivity index (χ2v) is 5.16. The van der Waals surface area contributed by atoms with Crippen LogP contribution in [-0.2, 0) is 11.2 Å². The van der Waals surface area contributed by atoms with Crippen LogP contribution in [0.2, 0.25) is 0 Å². The molecule has 3 nitrogen and oxygen atoms in total. The van der Waals surface area contributed by atoms with Gasteiger partial charge in [-0.3, -0.25) is 4.79 Å². The number of hydrogen-bond donors (Lipinski definition) is 1. The Kier molecular flexibility index (Phi) is 4.20. The van der Waals surface area contributed by atoms with Crippen molar-refractivity contribution in [2.24, 2.45) is 0 Å². The van der Waals surface area contributed by atoms with Crippen molar-refractivity contribution >= 4 is 27.9 Å². The summed E-state index contributed by atoms with van der Waals surface area (Å²) in [5.74, 6) is 0.819. The number of fused-ring (bicyclic) bond motifs is 1. The minimum Gasteiger partial charge on any atom is -0.493 e. The summed E-state index contributed by atoms with van der Waals surface area (Å²) in [5, 5.41) is 2.71. The van der Waals surface area contributed by atoms with Crippen LogP contribution in [0, 0.1) is 0 Å². The maximum Gasteiger partial charge on any atom is 0.244 e. The van der Waals surface area contributed by atoms with E-state index in [1.54, 1.807) is 6.08 Å². The Morgan fingerprint density at radius 2 is 2.39 bits per heavy atom. The molecule has 0 bridgehead atoms. The van der Waals surface area contributed by atoms with E-state index in [0.717, 1.165) is 28.8 Å². The van der Waals surface area contributed by atoms with Crippen LogP contribution < -0.4 is 10.1 Å². The van der Waals surface area contributed by atoms with Gasteiger partial charge in [0.05, 0.1) is 6.61 Å². The van der Waals surface area contributed by atoms with Gasteiger partial charge in [0.2, 0.25) is 5.91 Å². The lowest BCUT2D eigenvalue weighted by Gasteiger charge is -2.01. The first-order valence-electron chi connectivity index (χ1n) is 5.70. The first kappa shape index (κ1) is 12.9. The third kappa shape index (κ3) is 3.47. The zero-order valence-corrected chi connectivity index (χ0v) is 11.5. The third-order valence-corrected chi connectivity index (χ3v) is 2.88. The monoisotopic (exact) mass is 307 g/mol. The standard InChI is InChI=1S/C14H14BrNO2/c1-10(15)9-16-14(17)5-3-11-2-4-13-12(8-11)6-7-18-13/h2-5,8H,1,6-7,9H2,(H,16,17)/b5-3+. The average molecular weight is 308 g/mol. The fourth-order valence-corrected chi connectivity index (χ4v) is 1.86. The van der Waals surface area contributed by atoms with Gasteiger partial charge in [-0.25, -0.2) is 0 Å². The lowest BCUT2D eigenvalue weighted by Crippen LogP contribution is -2.21. The molecule has 1 aromatic rings. The Morgan fingerprint density at radius 1 is 1.56 bits per heavy atom. The predicted octanol–water partition coefficient (Wildman–Crippen LogP) is 2.66. The summed E-state index contributed by atoms with van der Waals surface area (Å²) in [7, 11) is 0. The molecule has 94 valence electrons. The van der Waals surface area contributed by atoms with E-state index in [9.17, 15) is 4.79 Å². The van der Waals surface area contributed by atoms with E-state index in [1.165, 1.54) is 11.6 Å². The minimum atomic E-state index is -0.132. The molecule has 18 heavy (non-hydrogen) atoms. The number of benzene rings is 1. The van der Waals surface area contributed by atoms with Crippen molar-refractivity contribution in [1.29, 1.82) is 0 Å². The van der Waals surface area contributed by atoms with Gasteiger partial charge in [0, 0.05) is 23.5 Å². The lowest BCUT2D eigenvalue weighted by molar-refractivity contribution is -0.116. The van der Waals surface area contributed by atoms with E-state index in [1.807, 2.05) is 12.1 Å². The quantitative estimate of drug-likeness (QED) is 0.869. The van der Waals surface area contributed by atoms with Gasteiger partial charge >= 0.3 is 0 Å². The Morgan fingerprint density at radius 3 is 3.17 bits per heavy atom. The van der Waals surface area contributed by atoms with Gasteiger partial charge in [0.1, 0.15) is 5.75 Å². The van der Waals surface area contributed by atoms with E-state index in [-0.39, 0.29) is 5.91 Å². The Labute approximate surface area is 115 Å². The molecule has 0 aliphatic carbocycles. The van der Waals surface area contributed by atoms with Crippen LogP contribution in [0.15, 0.2) is 35.3 Å². The first-order chi connectivity index (χ1) is 8.65. The van der Waals surface area contributed by atoms with Crippen LogP contribution in [0.4, 0.5) is 0 Å². The zero-order valence-electron chi connectivity index (χ0n) is 9.91. The fraction of sp³-hybridized carbons (Fsp3) is 0.214. The average Bonchev–Trinajstić information content (AvgIpc) is 2.81. The van der Waals surface area contributed by atoms with E-state index in [4.69, 9.17) is 4.74 Å². The Hall–Kier alpha value is -1.55. The summed E-state index contributed by atoms with van der Waals surface area (Å²) < 4.78 is 6.17. The second-order valence-electron chi connectivity index (χ2n) is 4.03. The number of carbonyl (C=O) groups excluding carboxylic acids is 1. The smallest absolute Gasteiger partial charge is 0.244 e. The largest absolute Gasteiger partial charge is 0.493 e. The topological polar surface area (TPSA) is 38.3 Å². The summed E-state index contributed by atoms with van der Waals surface area (Å²) in [5.41, 5.74) is 2.21. The number of halogens is 1. The molecule has 1 aliphatic rings. The molecule has 0 saturated carbocycles. The predicted molar refractivity (Wildman–Crippen MR) is 75.8 cm³/mol. The fourth-order valence-electron chi connectivity index (χ4n) is 1.72. The molecule has 1 aliphatic heterocycles. The summed E-state index contributed by atoms with van der Waals surface area (Å²) in [6.07, 6.45) is 4.25. The van der Waals surface area contributed by atoms with Gasteiger partial charge in [-0.05, 0) is 29.3 Å². The summed E-state index contributed by atoms with van der Waals surface area (Å²) in [6, 6.07) is 5.94. The number of nitrogens with one attached hydrogen (secondary N) is 1. The van der Waals surface area contributed by atoms with E-state index in [0.29, 0.717) is 6.54 Å². The van der Waals surface area contributed by atoms with Crippen molar-refractivity contribution in [1.82, 2.24) is 5.32 Å². The van der Waals surface area contributed by atoms with Crippen molar-refractivity contribution < 1.29 is 9.53 Å². The molecule has 0 fully saturated rings. The van der Waals surface area contributed by atoms with Crippen LogP contribution in [0.25, 0.3) is 6.08 Å². The van der Waals surface area contributed by atoms with Crippen molar-refractivity contribution in [3.8, 4) is 5.75 Å². The second kappa shape index (κ2) is 5.87. The van der Waals surface area contributed by atoms with Gasteiger partial charge < -0.3 is 10.1 Å². The lowest BCUT2D eigenvalue weighted by atomic mass is 10.1. The molecule has 1 amide bonds. The highest BCUT2D eigenvalue weighted by Crippen LogP contribution is 2.26. The van der Waals surface area contributed by atoms with Crippen LogP contribution in [0.5, 0.6) is 5.75 Å². The van der Waals surface area contributed by atoms with Crippen LogP contribution in [0.3, 0.4) is 0 Å². The third-order valence-electron chi connectivity index (χ3n) is 2.60. The SMILES string of the molecule is C=C(Br)CNC(=O)/C=C/c1ccc2c(c1)CCO2. The zero-order chi connectivity index (χ0) is 13.0. The van der Waals surface area contributed by atoms with Crippen LogP contribution >= 0.6 is 15.9 Å². The highest BCUT2D eigenvalue weighted by Gasteiger charge is 2.10. The highest BCUT2D eigenvalue weighted by molar-refractivity contribution is 9.11. The molecular formula is C14H14BrNO2. The van der Waals surface area contributed by atoms with Crippen LogP contribution in [0.1, 0.15) is 11.1 Å². The Balaban J connectivity index is 1.96. The van der Waals surface area contributed by atoms with Gasteiger partial charge in [0.25, 0.3) is 0 Å². The molecule has 1 N–H and O–H groups in total. The molecule has 1 aromatic carbocycles. The maximum atomic E-state index is 11.5.